The van der Waals surface area contributed by atoms with Gasteiger partial charge in [0, 0.05) is 23.6 Å². The SMILES string of the molecule is CC(CNCCc1c[nH]c2cccc(O)c12)c1ccccc1. The Morgan fingerprint density at radius 1 is 1.09 bits per heavy atom. The highest BCUT2D eigenvalue weighted by Gasteiger charge is 2.08. The zero-order valence-corrected chi connectivity index (χ0v) is 12.8. The van der Waals surface area contributed by atoms with Crippen LogP contribution in [0.3, 0.4) is 0 Å². The molecule has 0 aliphatic rings. The Hall–Kier alpha value is -2.26. The molecule has 1 atom stereocenters. The van der Waals surface area contributed by atoms with Gasteiger partial charge in [-0.2, -0.15) is 0 Å². The molecule has 0 amide bonds. The van der Waals surface area contributed by atoms with Crippen LogP contribution in [0, 0.1) is 0 Å². The number of rotatable bonds is 6. The van der Waals surface area contributed by atoms with Crippen LogP contribution in [0.1, 0.15) is 24.0 Å². The lowest BCUT2D eigenvalue weighted by atomic mass is 10.0. The van der Waals surface area contributed by atoms with Crippen LogP contribution < -0.4 is 5.32 Å². The van der Waals surface area contributed by atoms with Crippen molar-refractivity contribution in [1.82, 2.24) is 10.3 Å². The molecule has 3 rings (SSSR count). The predicted molar refractivity (Wildman–Crippen MR) is 91.4 cm³/mol. The highest BCUT2D eigenvalue weighted by Crippen LogP contribution is 2.27. The zero-order chi connectivity index (χ0) is 15.4. The first-order valence-electron chi connectivity index (χ1n) is 7.79. The lowest BCUT2D eigenvalue weighted by Gasteiger charge is -2.12. The molecule has 0 radical (unpaired) electrons. The summed E-state index contributed by atoms with van der Waals surface area (Å²) in [6.07, 6.45) is 2.89. The zero-order valence-electron chi connectivity index (χ0n) is 12.8. The topological polar surface area (TPSA) is 48.0 Å². The summed E-state index contributed by atoms with van der Waals surface area (Å²) in [4.78, 5) is 3.22. The third-order valence-electron chi connectivity index (χ3n) is 4.16. The van der Waals surface area contributed by atoms with Gasteiger partial charge in [-0.1, -0.05) is 43.3 Å². The average molecular weight is 294 g/mol. The van der Waals surface area contributed by atoms with Gasteiger partial charge >= 0.3 is 0 Å². The van der Waals surface area contributed by atoms with Crippen molar-refractivity contribution in [3.05, 3.63) is 65.9 Å². The normalized spacial score (nSPS) is 12.6. The van der Waals surface area contributed by atoms with Gasteiger partial charge in [-0.15, -0.1) is 0 Å². The summed E-state index contributed by atoms with van der Waals surface area (Å²) in [5, 5.41) is 14.4. The van der Waals surface area contributed by atoms with Gasteiger partial charge in [-0.25, -0.2) is 0 Å². The molecule has 0 saturated carbocycles. The minimum Gasteiger partial charge on any atom is -0.507 e. The van der Waals surface area contributed by atoms with E-state index >= 15 is 0 Å². The number of aromatic nitrogens is 1. The number of hydrogen-bond donors (Lipinski definition) is 3. The molecule has 3 heteroatoms. The molecule has 0 fully saturated rings. The fraction of sp³-hybridized carbons (Fsp3) is 0.263. The molecule has 114 valence electrons. The Morgan fingerprint density at radius 2 is 1.91 bits per heavy atom. The summed E-state index contributed by atoms with van der Waals surface area (Å²) in [6, 6.07) is 16.1. The lowest BCUT2D eigenvalue weighted by Crippen LogP contribution is -2.22. The van der Waals surface area contributed by atoms with Crippen molar-refractivity contribution in [3.63, 3.8) is 0 Å². The Labute approximate surface area is 131 Å². The largest absolute Gasteiger partial charge is 0.507 e. The molecule has 0 bridgehead atoms. The van der Waals surface area contributed by atoms with Gasteiger partial charge in [0.1, 0.15) is 5.75 Å². The molecule has 1 aromatic heterocycles. The molecule has 0 spiro atoms. The summed E-state index contributed by atoms with van der Waals surface area (Å²) in [5.74, 6) is 0.851. The maximum atomic E-state index is 9.99. The Balaban J connectivity index is 1.55. The van der Waals surface area contributed by atoms with E-state index in [1.54, 1.807) is 6.07 Å². The standard InChI is InChI=1S/C19H22N2O/c1-14(15-6-3-2-4-7-15)12-20-11-10-16-13-21-17-8-5-9-18(22)19(16)17/h2-9,13-14,20-22H,10-12H2,1H3. The van der Waals surface area contributed by atoms with Crippen LogP contribution in [0.15, 0.2) is 54.7 Å². The Bertz CT molecular complexity index is 734. The van der Waals surface area contributed by atoms with Crippen molar-refractivity contribution in [3.8, 4) is 5.75 Å². The summed E-state index contributed by atoms with van der Waals surface area (Å²) in [7, 11) is 0. The maximum absolute atomic E-state index is 9.99. The molecule has 22 heavy (non-hydrogen) atoms. The van der Waals surface area contributed by atoms with Crippen LogP contribution in [0.25, 0.3) is 10.9 Å². The van der Waals surface area contributed by atoms with Crippen molar-refractivity contribution >= 4 is 10.9 Å². The Kier molecular flexibility index (Phi) is 4.45. The molecule has 3 N–H and O–H groups in total. The van der Waals surface area contributed by atoms with E-state index in [4.69, 9.17) is 0 Å². The first-order valence-corrected chi connectivity index (χ1v) is 7.79. The molecule has 1 unspecified atom stereocenters. The quantitative estimate of drug-likeness (QED) is 0.605. The fourth-order valence-corrected chi connectivity index (χ4v) is 2.87. The average Bonchev–Trinajstić information content (AvgIpc) is 2.97. The van der Waals surface area contributed by atoms with E-state index in [2.05, 4.69) is 41.5 Å². The fourth-order valence-electron chi connectivity index (χ4n) is 2.87. The van der Waals surface area contributed by atoms with E-state index in [1.807, 2.05) is 24.4 Å². The van der Waals surface area contributed by atoms with Gasteiger partial charge in [0.05, 0.1) is 0 Å². The van der Waals surface area contributed by atoms with Gasteiger partial charge in [0.25, 0.3) is 0 Å². The van der Waals surface area contributed by atoms with Crippen molar-refractivity contribution in [2.45, 2.75) is 19.3 Å². The minimum absolute atomic E-state index is 0.353. The molecular weight excluding hydrogens is 272 g/mol. The van der Waals surface area contributed by atoms with Gasteiger partial charge < -0.3 is 15.4 Å². The van der Waals surface area contributed by atoms with E-state index in [-0.39, 0.29) is 0 Å². The number of aromatic amines is 1. The van der Waals surface area contributed by atoms with E-state index in [0.717, 1.165) is 36.0 Å². The number of nitrogens with one attached hydrogen (secondary N) is 2. The second-order valence-corrected chi connectivity index (χ2v) is 5.78. The van der Waals surface area contributed by atoms with Gasteiger partial charge in [-0.3, -0.25) is 0 Å². The summed E-state index contributed by atoms with van der Waals surface area (Å²) in [5.41, 5.74) is 3.51. The number of hydrogen-bond acceptors (Lipinski definition) is 2. The summed E-state index contributed by atoms with van der Waals surface area (Å²) < 4.78 is 0. The van der Waals surface area contributed by atoms with Crippen LogP contribution in [0.4, 0.5) is 0 Å². The minimum atomic E-state index is 0.353. The molecule has 2 aromatic carbocycles. The van der Waals surface area contributed by atoms with Crippen molar-refractivity contribution in [2.24, 2.45) is 0 Å². The van der Waals surface area contributed by atoms with E-state index in [1.165, 1.54) is 5.56 Å². The van der Waals surface area contributed by atoms with Crippen molar-refractivity contribution < 1.29 is 5.11 Å². The maximum Gasteiger partial charge on any atom is 0.125 e. The van der Waals surface area contributed by atoms with Crippen LogP contribution in [0.5, 0.6) is 5.75 Å². The third kappa shape index (κ3) is 3.15. The first-order chi connectivity index (χ1) is 10.8. The molecule has 0 aliphatic carbocycles. The van der Waals surface area contributed by atoms with Crippen LogP contribution >= 0.6 is 0 Å². The first kappa shape index (κ1) is 14.7. The lowest BCUT2D eigenvalue weighted by molar-refractivity contribution is 0.481. The highest BCUT2D eigenvalue weighted by molar-refractivity contribution is 5.88. The van der Waals surface area contributed by atoms with E-state index in [0.29, 0.717) is 11.7 Å². The third-order valence-corrected chi connectivity index (χ3v) is 4.16. The number of benzene rings is 2. The predicted octanol–water partition coefficient (Wildman–Crippen LogP) is 3.81. The molecule has 0 saturated heterocycles. The highest BCUT2D eigenvalue weighted by atomic mass is 16.3. The second-order valence-electron chi connectivity index (χ2n) is 5.78. The van der Waals surface area contributed by atoms with Gasteiger partial charge in [-0.05, 0) is 42.1 Å². The van der Waals surface area contributed by atoms with Crippen LogP contribution in [-0.4, -0.2) is 23.2 Å². The van der Waals surface area contributed by atoms with Gasteiger partial charge in [0.2, 0.25) is 0 Å². The summed E-state index contributed by atoms with van der Waals surface area (Å²) in [6.45, 7) is 4.09. The van der Waals surface area contributed by atoms with Crippen LogP contribution in [-0.2, 0) is 6.42 Å². The second kappa shape index (κ2) is 6.67. The van der Waals surface area contributed by atoms with Gasteiger partial charge in [0.15, 0.2) is 0 Å². The molecule has 3 nitrogen and oxygen atoms in total. The van der Waals surface area contributed by atoms with Crippen molar-refractivity contribution in [2.75, 3.05) is 13.1 Å². The van der Waals surface area contributed by atoms with E-state index in [9.17, 15) is 5.11 Å². The number of fused-ring (bicyclic) bond motifs is 1. The number of phenolic OH excluding ortho intramolecular Hbond substituents is 1. The Morgan fingerprint density at radius 3 is 2.73 bits per heavy atom. The number of aromatic hydroxyl groups is 1. The number of H-pyrrole nitrogens is 1. The molecule has 1 heterocycles. The molecular formula is C19H22N2O. The molecule has 3 aromatic rings. The molecule has 0 aliphatic heterocycles. The monoisotopic (exact) mass is 294 g/mol. The number of phenols is 1. The van der Waals surface area contributed by atoms with Crippen molar-refractivity contribution in [1.29, 1.82) is 0 Å². The van der Waals surface area contributed by atoms with Crippen LogP contribution in [0.2, 0.25) is 0 Å². The smallest absolute Gasteiger partial charge is 0.125 e. The van der Waals surface area contributed by atoms with E-state index < -0.39 is 0 Å². The summed E-state index contributed by atoms with van der Waals surface area (Å²) >= 11 is 0.